The molecule has 0 atom stereocenters. The lowest BCUT2D eigenvalue weighted by atomic mass is 10.1. The zero-order chi connectivity index (χ0) is 19.8. The minimum absolute atomic E-state index is 0.0967. The zero-order valence-corrected chi connectivity index (χ0v) is 15.3. The van der Waals surface area contributed by atoms with Crippen molar-refractivity contribution in [1.82, 2.24) is 4.90 Å². The van der Waals surface area contributed by atoms with Crippen LogP contribution >= 0.6 is 0 Å². The van der Waals surface area contributed by atoms with Crippen LogP contribution in [-0.4, -0.2) is 41.3 Å². The molecule has 2 aromatic carbocycles. The largest absolute Gasteiger partial charge is 0.497 e. The molecule has 2 aromatic rings. The van der Waals surface area contributed by atoms with Crippen LogP contribution in [0.1, 0.15) is 28.8 Å². The molecule has 0 spiro atoms. The van der Waals surface area contributed by atoms with Gasteiger partial charge in [-0.25, -0.2) is 0 Å². The third-order valence-corrected chi connectivity index (χ3v) is 5.10. The Balaban J connectivity index is 1.57. The summed E-state index contributed by atoms with van der Waals surface area (Å²) < 4.78 is 5.18. The Kier molecular flexibility index (Phi) is 4.56. The minimum atomic E-state index is -0.695. The summed E-state index contributed by atoms with van der Waals surface area (Å²) in [7, 11) is 1.61. The first-order chi connectivity index (χ1) is 13.5. The van der Waals surface area contributed by atoms with Gasteiger partial charge in [-0.2, -0.15) is 0 Å². The predicted molar refractivity (Wildman–Crippen MR) is 101 cm³/mol. The number of ketones is 1. The van der Waals surface area contributed by atoms with Crippen LogP contribution in [0.2, 0.25) is 0 Å². The second-order valence-corrected chi connectivity index (χ2v) is 6.99. The number of carbonyl (C=O) groups excluding carboxylic acids is 2. The van der Waals surface area contributed by atoms with E-state index >= 15 is 0 Å². The van der Waals surface area contributed by atoms with E-state index in [-0.39, 0.29) is 17.9 Å². The van der Waals surface area contributed by atoms with Crippen LogP contribution < -0.4 is 9.64 Å². The Bertz CT molecular complexity index is 953. The van der Waals surface area contributed by atoms with Crippen LogP contribution in [-0.2, 0) is 11.3 Å². The molecule has 28 heavy (non-hydrogen) atoms. The Labute approximate surface area is 161 Å². The average molecular weight is 381 g/mol. The fourth-order valence-corrected chi connectivity index (χ4v) is 3.42. The highest BCUT2D eigenvalue weighted by Gasteiger charge is 2.40. The first-order valence-electron chi connectivity index (χ1n) is 8.99. The fraction of sp³-hybridized carbons (Fsp3) is 0.300. The summed E-state index contributed by atoms with van der Waals surface area (Å²) in [5, 5.41) is 11.0. The zero-order valence-electron chi connectivity index (χ0n) is 15.3. The van der Waals surface area contributed by atoms with Crippen molar-refractivity contribution in [2.75, 3.05) is 18.7 Å². The molecule has 0 aromatic heterocycles. The van der Waals surface area contributed by atoms with Gasteiger partial charge in [0.05, 0.1) is 30.0 Å². The van der Waals surface area contributed by atoms with E-state index in [2.05, 4.69) is 4.90 Å². The number of ether oxygens (including phenoxy) is 1. The molecule has 2 aliphatic rings. The van der Waals surface area contributed by atoms with Gasteiger partial charge < -0.3 is 4.74 Å². The molecular formula is C20H19N3O5. The Morgan fingerprint density at radius 3 is 2.50 bits per heavy atom. The molecule has 1 aliphatic heterocycles. The van der Waals surface area contributed by atoms with E-state index in [0.717, 1.165) is 24.2 Å². The van der Waals surface area contributed by atoms with Crippen molar-refractivity contribution in [3.05, 3.63) is 63.7 Å². The lowest BCUT2D eigenvalue weighted by Crippen LogP contribution is -2.41. The standard InChI is InChI=1S/C20H19N3O5/c1-28-16-7-2-13(3-8-16)11-21(14-4-5-14)12-22-18-9-6-15(23(26)27)10-17(18)19(24)20(22)25/h2-3,6-10,14H,4-5,11-12H2,1H3. The number of methoxy groups -OCH3 is 1. The smallest absolute Gasteiger partial charge is 0.300 e. The van der Waals surface area contributed by atoms with Crippen molar-refractivity contribution < 1.29 is 19.2 Å². The van der Waals surface area contributed by atoms with Gasteiger partial charge in [0.1, 0.15) is 5.75 Å². The van der Waals surface area contributed by atoms with E-state index in [9.17, 15) is 19.7 Å². The number of hydrogen-bond acceptors (Lipinski definition) is 6. The first kappa shape index (κ1) is 18.1. The summed E-state index contributed by atoms with van der Waals surface area (Å²) in [6, 6.07) is 12.1. The third kappa shape index (κ3) is 3.34. The molecule has 0 unspecified atom stereocenters. The number of Topliss-reactive ketones (excluding diaryl/α,β-unsaturated/α-hetero) is 1. The van der Waals surface area contributed by atoms with E-state index in [1.165, 1.54) is 23.1 Å². The van der Waals surface area contributed by atoms with Crippen LogP contribution in [0, 0.1) is 10.1 Å². The number of non-ortho nitro benzene ring substituents is 1. The normalized spacial score (nSPS) is 15.9. The van der Waals surface area contributed by atoms with Gasteiger partial charge in [0.15, 0.2) is 0 Å². The summed E-state index contributed by atoms with van der Waals surface area (Å²) in [6.45, 7) is 0.904. The molecule has 8 nitrogen and oxygen atoms in total. The number of benzene rings is 2. The molecule has 1 heterocycles. The van der Waals surface area contributed by atoms with E-state index in [1.807, 2.05) is 24.3 Å². The van der Waals surface area contributed by atoms with Crippen LogP contribution in [0.25, 0.3) is 0 Å². The Morgan fingerprint density at radius 2 is 1.89 bits per heavy atom. The maximum Gasteiger partial charge on any atom is 0.300 e. The molecule has 0 bridgehead atoms. The third-order valence-electron chi connectivity index (χ3n) is 5.10. The Morgan fingerprint density at radius 1 is 1.18 bits per heavy atom. The number of amides is 1. The number of fused-ring (bicyclic) bond motifs is 1. The Hall–Kier alpha value is -3.26. The molecule has 0 saturated heterocycles. The lowest BCUT2D eigenvalue weighted by Gasteiger charge is -2.28. The highest BCUT2D eigenvalue weighted by Crippen LogP contribution is 2.35. The van der Waals surface area contributed by atoms with E-state index in [4.69, 9.17) is 4.74 Å². The number of nitro groups is 1. The maximum atomic E-state index is 12.5. The fourth-order valence-electron chi connectivity index (χ4n) is 3.42. The first-order valence-corrected chi connectivity index (χ1v) is 8.99. The minimum Gasteiger partial charge on any atom is -0.497 e. The number of nitrogens with zero attached hydrogens (tertiary/aromatic N) is 3. The summed E-state index contributed by atoms with van der Waals surface area (Å²) in [4.78, 5) is 38.8. The van der Waals surface area contributed by atoms with Crippen molar-refractivity contribution >= 4 is 23.1 Å². The number of nitro benzene ring substituents is 1. The molecular weight excluding hydrogens is 362 g/mol. The van der Waals surface area contributed by atoms with E-state index in [1.54, 1.807) is 7.11 Å². The van der Waals surface area contributed by atoms with Gasteiger partial charge in [-0.05, 0) is 36.6 Å². The second kappa shape index (κ2) is 7.05. The van der Waals surface area contributed by atoms with Crippen LogP contribution in [0.5, 0.6) is 5.75 Å². The molecule has 4 rings (SSSR count). The van der Waals surface area contributed by atoms with Crippen LogP contribution in [0.3, 0.4) is 0 Å². The number of anilines is 1. The molecule has 8 heteroatoms. The highest BCUT2D eigenvalue weighted by atomic mass is 16.6. The molecule has 144 valence electrons. The van der Waals surface area contributed by atoms with Gasteiger partial charge in [-0.3, -0.25) is 29.5 Å². The summed E-state index contributed by atoms with van der Waals surface area (Å²) >= 11 is 0. The predicted octanol–water partition coefficient (Wildman–Crippen LogP) is 2.75. The average Bonchev–Trinajstić information content (AvgIpc) is 3.52. The van der Waals surface area contributed by atoms with E-state index < -0.39 is 16.6 Å². The number of hydrogen-bond donors (Lipinski definition) is 0. The van der Waals surface area contributed by atoms with Crippen molar-refractivity contribution in [3.8, 4) is 5.75 Å². The molecule has 1 saturated carbocycles. The quantitative estimate of drug-likeness (QED) is 0.416. The molecule has 1 aliphatic carbocycles. The van der Waals surface area contributed by atoms with Gasteiger partial charge >= 0.3 is 5.91 Å². The van der Waals surface area contributed by atoms with Crippen molar-refractivity contribution in [2.24, 2.45) is 0 Å². The van der Waals surface area contributed by atoms with Crippen molar-refractivity contribution in [1.29, 1.82) is 0 Å². The summed E-state index contributed by atoms with van der Waals surface area (Å²) in [5.74, 6) is -0.563. The van der Waals surface area contributed by atoms with E-state index in [0.29, 0.717) is 18.3 Å². The van der Waals surface area contributed by atoms with Gasteiger partial charge in [-0.1, -0.05) is 12.1 Å². The summed E-state index contributed by atoms with van der Waals surface area (Å²) in [5.41, 5.74) is 1.41. The monoisotopic (exact) mass is 381 g/mol. The van der Waals surface area contributed by atoms with Gasteiger partial charge in [0.2, 0.25) is 0 Å². The van der Waals surface area contributed by atoms with Crippen LogP contribution in [0.15, 0.2) is 42.5 Å². The number of rotatable bonds is 7. The molecule has 0 N–H and O–H groups in total. The lowest BCUT2D eigenvalue weighted by molar-refractivity contribution is -0.384. The summed E-state index contributed by atoms with van der Waals surface area (Å²) in [6.07, 6.45) is 2.08. The van der Waals surface area contributed by atoms with Gasteiger partial charge in [0, 0.05) is 24.7 Å². The number of carbonyl (C=O) groups is 2. The topological polar surface area (TPSA) is 93.0 Å². The maximum absolute atomic E-state index is 12.5. The molecule has 1 amide bonds. The van der Waals surface area contributed by atoms with Crippen molar-refractivity contribution in [2.45, 2.75) is 25.4 Å². The van der Waals surface area contributed by atoms with Gasteiger partial charge in [0.25, 0.3) is 11.5 Å². The van der Waals surface area contributed by atoms with Crippen molar-refractivity contribution in [3.63, 3.8) is 0 Å². The molecule has 1 fully saturated rings. The molecule has 0 radical (unpaired) electrons. The highest BCUT2D eigenvalue weighted by molar-refractivity contribution is 6.52. The van der Waals surface area contributed by atoms with Crippen LogP contribution in [0.4, 0.5) is 11.4 Å². The SMILES string of the molecule is COc1ccc(CN(CN2C(=O)C(=O)c3cc([N+](=O)[O-])ccc32)C2CC2)cc1. The second-order valence-electron chi connectivity index (χ2n) is 6.99. The van der Waals surface area contributed by atoms with Gasteiger partial charge in [-0.15, -0.1) is 0 Å².